The summed E-state index contributed by atoms with van der Waals surface area (Å²) in [5.74, 6) is 0.00704. The molecule has 1 aliphatic rings. The third-order valence-corrected chi connectivity index (χ3v) is 3.58. The first-order chi connectivity index (χ1) is 8.20. The number of aliphatic hydroxyl groups excluding tert-OH is 1. The van der Waals surface area contributed by atoms with E-state index < -0.39 is 6.10 Å². The van der Waals surface area contributed by atoms with Gasteiger partial charge in [0.05, 0.1) is 0 Å². The fourth-order valence-electron chi connectivity index (χ4n) is 2.52. The van der Waals surface area contributed by atoms with Crippen molar-refractivity contribution in [2.24, 2.45) is 0 Å². The van der Waals surface area contributed by atoms with Crippen LogP contribution in [-0.2, 0) is 4.79 Å². The lowest BCUT2D eigenvalue weighted by Gasteiger charge is -2.05. The van der Waals surface area contributed by atoms with Crippen LogP contribution in [0, 0.1) is 0 Å². The number of hydrogen-bond donors (Lipinski definition) is 1. The van der Waals surface area contributed by atoms with Crippen LogP contribution in [0.3, 0.4) is 0 Å². The second-order valence-electron chi connectivity index (χ2n) is 5.08. The van der Waals surface area contributed by atoms with Crippen molar-refractivity contribution in [2.45, 2.75) is 77.7 Å². The highest BCUT2D eigenvalue weighted by Crippen LogP contribution is 2.31. The highest BCUT2D eigenvalue weighted by atomic mass is 16.3. The molecular formula is C15H26O2. The number of ketones is 1. The van der Waals surface area contributed by atoms with E-state index in [1.807, 2.05) is 0 Å². The molecule has 1 unspecified atom stereocenters. The molecule has 1 atom stereocenters. The zero-order valence-corrected chi connectivity index (χ0v) is 11.3. The molecule has 0 saturated carbocycles. The predicted molar refractivity (Wildman–Crippen MR) is 70.9 cm³/mol. The van der Waals surface area contributed by atoms with Crippen LogP contribution >= 0.6 is 0 Å². The summed E-state index contributed by atoms with van der Waals surface area (Å²) in [6, 6.07) is 0. The maximum absolute atomic E-state index is 11.8. The van der Waals surface area contributed by atoms with Crippen LogP contribution in [0.15, 0.2) is 11.1 Å². The minimum Gasteiger partial charge on any atom is -0.385 e. The van der Waals surface area contributed by atoms with Gasteiger partial charge >= 0.3 is 0 Å². The Labute approximate surface area is 105 Å². The van der Waals surface area contributed by atoms with Crippen LogP contribution in [0.5, 0.6) is 0 Å². The molecule has 0 saturated heterocycles. The van der Waals surface area contributed by atoms with Crippen molar-refractivity contribution >= 4 is 5.78 Å². The van der Waals surface area contributed by atoms with Crippen LogP contribution in [0.4, 0.5) is 0 Å². The highest BCUT2D eigenvalue weighted by Gasteiger charge is 2.30. The van der Waals surface area contributed by atoms with Gasteiger partial charge in [0.1, 0.15) is 6.10 Å². The highest BCUT2D eigenvalue weighted by molar-refractivity contribution is 6.02. The molecule has 0 bridgehead atoms. The van der Waals surface area contributed by atoms with Crippen LogP contribution in [0.25, 0.3) is 0 Å². The second-order valence-corrected chi connectivity index (χ2v) is 5.08. The number of Topliss-reactive ketones (excluding diaryl/α,β-unsaturated/α-hetero) is 1. The molecule has 2 heteroatoms. The smallest absolute Gasteiger partial charge is 0.187 e. The largest absolute Gasteiger partial charge is 0.385 e. The van der Waals surface area contributed by atoms with Crippen molar-refractivity contribution in [3.63, 3.8) is 0 Å². The van der Waals surface area contributed by atoms with Gasteiger partial charge < -0.3 is 5.11 Å². The van der Waals surface area contributed by atoms with Crippen LogP contribution in [-0.4, -0.2) is 17.0 Å². The second kappa shape index (κ2) is 7.65. The van der Waals surface area contributed by atoms with Crippen molar-refractivity contribution in [1.82, 2.24) is 0 Å². The number of aliphatic hydroxyl groups is 1. The maximum atomic E-state index is 11.8. The van der Waals surface area contributed by atoms with Gasteiger partial charge in [-0.05, 0) is 31.3 Å². The van der Waals surface area contributed by atoms with E-state index in [1.54, 1.807) is 0 Å². The Balaban J connectivity index is 2.54. The number of carbonyl (C=O) groups is 1. The van der Waals surface area contributed by atoms with E-state index in [2.05, 4.69) is 13.8 Å². The fourth-order valence-corrected chi connectivity index (χ4v) is 2.52. The van der Waals surface area contributed by atoms with Gasteiger partial charge in [-0.3, -0.25) is 4.79 Å². The van der Waals surface area contributed by atoms with E-state index in [4.69, 9.17) is 0 Å². The number of unbranched alkanes of at least 4 members (excludes halogenated alkanes) is 4. The summed E-state index contributed by atoms with van der Waals surface area (Å²) in [6.45, 7) is 4.35. The summed E-state index contributed by atoms with van der Waals surface area (Å²) in [5, 5.41) is 9.66. The monoisotopic (exact) mass is 238 g/mol. The zero-order valence-electron chi connectivity index (χ0n) is 11.3. The first-order valence-corrected chi connectivity index (χ1v) is 7.13. The number of rotatable bonds is 8. The molecule has 1 N–H and O–H groups in total. The van der Waals surface area contributed by atoms with E-state index >= 15 is 0 Å². The Bertz CT molecular complexity index is 279. The Kier molecular flexibility index (Phi) is 6.49. The van der Waals surface area contributed by atoms with Crippen molar-refractivity contribution in [2.75, 3.05) is 0 Å². The van der Waals surface area contributed by atoms with Gasteiger partial charge in [-0.2, -0.15) is 0 Å². The summed E-state index contributed by atoms with van der Waals surface area (Å²) < 4.78 is 0. The minimum atomic E-state index is -0.733. The average Bonchev–Trinajstić information content (AvgIpc) is 2.57. The minimum absolute atomic E-state index is 0.00704. The molecule has 0 aliphatic heterocycles. The molecule has 1 rings (SSSR count). The van der Waals surface area contributed by atoms with Gasteiger partial charge in [0, 0.05) is 6.42 Å². The number of hydrogen-bond acceptors (Lipinski definition) is 2. The average molecular weight is 238 g/mol. The van der Waals surface area contributed by atoms with Crippen LogP contribution in [0.2, 0.25) is 0 Å². The third-order valence-electron chi connectivity index (χ3n) is 3.58. The predicted octanol–water partition coefficient (Wildman–Crippen LogP) is 3.78. The summed E-state index contributed by atoms with van der Waals surface area (Å²) in [5.41, 5.74) is 2.20. The standard InChI is InChI=1S/C15H26O2/c1-3-5-7-9-12-11-14(16)15(17)13(12)10-8-6-4-2/h14,16H,3-11H2,1-2H3. The number of carbonyl (C=O) groups excluding carboxylic acids is 1. The Morgan fingerprint density at radius 2 is 1.65 bits per heavy atom. The lowest BCUT2D eigenvalue weighted by Crippen LogP contribution is -2.15. The van der Waals surface area contributed by atoms with Gasteiger partial charge in [0.25, 0.3) is 0 Å². The molecule has 0 amide bonds. The molecule has 17 heavy (non-hydrogen) atoms. The Hall–Kier alpha value is -0.630. The molecule has 1 aliphatic carbocycles. The van der Waals surface area contributed by atoms with E-state index in [1.165, 1.54) is 31.3 Å². The van der Waals surface area contributed by atoms with E-state index in [0.717, 1.165) is 31.3 Å². The van der Waals surface area contributed by atoms with Gasteiger partial charge in [0.2, 0.25) is 0 Å². The van der Waals surface area contributed by atoms with E-state index in [0.29, 0.717) is 6.42 Å². The maximum Gasteiger partial charge on any atom is 0.187 e. The lowest BCUT2D eigenvalue weighted by molar-refractivity contribution is -0.122. The molecular weight excluding hydrogens is 212 g/mol. The molecule has 0 aromatic rings. The van der Waals surface area contributed by atoms with Gasteiger partial charge in [-0.25, -0.2) is 0 Å². The fraction of sp³-hybridized carbons (Fsp3) is 0.800. The molecule has 2 nitrogen and oxygen atoms in total. The van der Waals surface area contributed by atoms with Crippen molar-refractivity contribution in [3.8, 4) is 0 Å². The summed E-state index contributed by atoms with van der Waals surface area (Å²) >= 11 is 0. The van der Waals surface area contributed by atoms with Crippen LogP contribution in [0.1, 0.15) is 71.6 Å². The van der Waals surface area contributed by atoms with Gasteiger partial charge in [0.15, 0.2) is 5.78 Å². The molecule has 0 fully saturated rings. The summed E-state index contributed by atoms with van der Waals surface area (Å²) in [7, 11) is 0. The normalized spacial score (nSPS) is 20.4. The topological polar surface area (TPSA) is 37.3 Å². The van der Waals surface area contributed by atoms with Gasteiger partial charge in [-0.15, -0.1) is 0 Å². The first-order valence-electron chi connectivity index (χ1n) is 7.13. The van der Waals surface area contributed by atoms with E-state index in [-0.39, 0.29) is 5.78 Å². The Morgan fingerprint density at radius 3 is 2.24 bits per heavy atom. The molecule has 0 heterocycles. The molecule has 0 aromatic carbocycles. The summed E-state index contributed by atoms with van der Waals surface area (Å²) in [6.07, 6.45) is 8.77. The van der Waals surface area contributed by atoms with Crippen molar-refractivity contribution in [1.29, 1.82) is 0 Å². The Morgan fingerprint density at radius 1 is 1.06 bits per heavy atom. The zero-order chi connectivity index (χ0) is 12.7. The summed E-state index contributed by atoms with van der Waals surface area (Å²) in [4.78, 5) is 11.8. The van der Waals surface area contributed by atoms with Gasteiger partial charge in [-0.1, -0.05) is 45.1 Å². The molecule has 0 radical (unpaired) electrons. The third kappa shape index (κ3) is 4.27. The lowest BCUT2D eigenvalue weighted by atomic mass is 9.99. The quantitative estimate of drug-likeness (QED) is 0.653. The van der Waals surface area contributed by atoms with Crippen molar-refractivity contribution in [3.05, 3.63) is 11.1 Å². The first kappa shape index (κ1) is 14.4. The molecule has 0 aromatic heterocycles. The molecule has 0 spiro atoms. The van der Waals surface area contributed by atoms with Crippen molar-refractivity contribution < 1.29 is 9.90 Å². The van der Waals surface area contributed by atoms with Crippen LogP contribution < -0.4 is 0 Å². The van der Waals surface area contributed by atoms with E-state index in [9.17, 15) is 9.90 Å². The SMILES string of the molecule is CCCCCC1=C(CCCCC)C(=O)C(O)C1. The molecule has 98 valence electrons.